The van der Waals surface area contributed by atoms with Gasteiger partial charge >= 0.3 is 0 Å². The number of hydrogen-bond acceptors (Lipinski definition) is 7. The third-order valence-electron chi connectivity index (χ3n) is 4.84. The maximum atomic E-state index is 12.8. The second-order valence-corrected chi connectivity index (χ2v) is 9.16. The minimum absolute atomic E-state index is 0.0659. The van der Waals surface area contributed by atoms with Crippen LogP contribution < -0.4 is 10.3 Å². The number of aromatic nitrogens is 1. The first-order chi connectivity index (χ1) is 13.5. The Morgan fingerprint density at radius 3 is 2.66 bits per heavy atom. The lowest BCUT2D eigenvalue weighted by Gasteiger charge is -2.42. The van der Waals surface area contributed by atoms with Crippen LogP contribution in [0.5, 0.6) is 5.75 Å². The lowest BCUT2D eigenvalue weighted by molar-refractivity contribution is -0.0642. The molecule has 8 nitrogen and oxygen atoms in total. The van der Waals surface area contributed by atoms with Gasteiger partial charge in [-0.3, -0.25) is 8.98 Å². The standard InChI is InChI=1S/C20H22N2O6S/c1-20(2)19(24)18(15-10-14(12-21)4-5-16(15)28-20)22-8-6-13(11-17(22)23)7-9-27-29(3,25)26/h4-6,8,10-11,18-19,24H,7,9H2,1-3H3/t18-,19+/m0/s1. The van der Waals surface area contributed by atoms with E-state index in [1.165, 1.54) is 10.6 Å². The first kappa shape index (κ1) is 21.0. The molecule has 2 heterocycles. The Morgan fingerprint density at radius 1 is 1.31 bits per heavy atom. The van der Waals surface area contributed by atoms with E-state index < -0.39 is 27.9 Å². The van der Waals surface area contributed by atoms with Crippen LogP contribution in [0, 0.1) is 11.3 Å². The zero-order valence-corrected chi connectivity index (χ0v) is 17.1. The highest BCUT2D eigenvalue weighted by atomic mass is 32.2. The smallest absolute Gasteiger partial charge is 0.264 e. The predicted molar refractivity (Wildman–Crippen MR) is 105 cm³/mol. The molecule has 0 radical (unpaired) electrons. The minimum atomic E-state index is -3.55. The first-order valence-corrected chi connectivity index (χ1v) is 10.8. The summed E-state index contributed by atoms with van der Waals surface area (Å²) < 4.78 is 34.1. The largest absolute Gasteiger partial charge is 0.485 e. The predicted octanol–water partition coefficient (Wildman–Crippen LogP) is 1.36. The van der Waals surface area contributed by atoms with Crippen LogP contribution in [0.4, 0.5) is 0 Å². The molecule has 0 amide bonds. The van der Waals surface area contributed by atoms with Crippen molar-refractivity contribution in [2.45, 2.75) is 38.0 Å². The number of aliphatic hydroxyl groups excluding tert-OH is 1. The molecule has 0 aliphatic carbocycles. The topological polar surface area (TPSA) is 119 Å². The lowest BCUT2D eigenvalue weighted by Crippen LogP contribution is -2.52. The van der Waals surface area contributed by atoms with Crippen molar-refractivity contribution in [2.24, 2.45) is 0 Å². The van der Waals surface area contributed by atoms with E-state index in [0.29, 0.717) is 22.4 Å². The van der Waals surface area contributed by atoms with Crippen LogP contribution in [-0.4, -0.2) is 42.7 Å². The van der Waals surface area contributed by atoms with Gasteiger partial charge < -0.3 is 14.4 Å². The van der Waals surface area contributed by atoms with Gasteiger partial charge in [0.15, 0.2) is 0 Å². The van der Waals surface area contributed by atoms with Crippen molar-refractivity contribution in [3.8, 4) is 11.8 Å². The maximum absolute atomic E-state index is 12.8. The number of fused-ring (bicyclic) bond motifs is 1. The van der Waals surface area contributed by atoms with Crippen LogP contribution in [0.3, 0.4) is 0 Å². The van der Waals surface area contributed by atoms with Gasteiger partial charge in [0, 0.05) is 17.8 Å². The van der Waals surface area contributed by atoms with E-state index in [2.05, 4.69) is 6.07 Å². The molecule has 2 aromatic rings. The fourth-order valence-electron chi connectivity index (χ4n) is 3.37. The molecule has 0 spiro atoms. The van der Waals surface area contributed by atoms with E-state index in [9.17, 15) is 23.6 Å². The van der Waals surface area contributed by atoms with Crippen molar-refractivity contribution < 1.29 is 22.4 Å². The second-order valence-electron chi connectivity index (χ2n) is 7.52. The molecule has 0 saturated heterocycles. The van der Waals surface area contributed by atoms with Crippen molar-refractivity contribution in [1.29, 1.82) is 5.26 Å². The van der Waals surface area contributed by atoms with Crippen molar-refractivity contribution in [3.05, 3.63) is 63.6 Å². The first-order valence-electron chi connectivity index (χ1n) is 8.98. The average Bonchev–Trinajstić information content (AvgIpc) is 2.62. The third kappa shape index (κ3) is 4.50. The molecule has 1 aliphatic rings. The Hall–Kier alpha value is -2.67. The molecule has 1 aromatic carbocycles. The SMILES string of the molecule is CC1(C)Oc2ccc(C#N)cc2[C@H](n2ccc(CCOS(C)(=O)=O)cc2=O)[C@H]1O. The van der Waals surface area contributed by atoms with Gasteiger partial charge in [0.1, 0.15) is 17.5 Å². The minimum Gasteiger partial charge on any atom is -0.485 e. The zero-order valence-electron chi connectivity index (χ0n) is 16.3. The van der Waals surface area contributed by atoms with Crippen molar-refractivity contribution in [2.75, 3.05) is 12.9 Å². The summed E-state index contributed by atoms with van der Waals surface area (Å²) >= 11 is 0. The Bertz CT molecular complexity index is 1130. The molecule has 2 atom stereocenters. The fraction of sp³-hybridized carbons (Fsp3) is 0.400. The number of ether oxygens (including phenoxy) is 1. The monoisotopic (exact) mass is 418 g/mol. The van der Waals surface area contributed by atoms with Gasteiger partial charge in [0.05, 0.1) is 30.5 Å². The van der Waals surface area contributed by atoms with Gasteiger partial charge in [-0.15, -0.1) is 0 Å². The summed E-state index contributed by atoms with van der Waals surface area (Å²) in [6, 6.07) is 9.27. The third-order valence-corrected chi connectivity index (χ3v) is 5.44. The van der Waals surface area contributed by atoms with Crippen LogP contribution in [0.2, 0.25) is 0 Å². The zero-order chi connectivity index (χ0) is 21.4. The highest BCUT2D eigenvalue weighted by Crippen LogP contribution is 2.41. The average molecular weight is 418 g/mol. The number of rotatable bonds is 5. The summed E-state index contributed by atoms with van der Waals surface area (Å²) in [5.74, 6) is 0.502. The number of nitrogens with zero attached hydrogens (tertiary/aromatic N) is 2. The maximum Gasteiger partial charge on any atom is 0.264 e. The summed E-state index contributed by atoms with van der Waals surface area (Å²) in [5, 5.41) is 20.1. The molecule has 0 bridgehead atoms. The van der Waals surface area contributed by atoms with Gasteiger partial charge in [-0.25, -0.2) is 0 Å². The molecule has 1 aromatic heterocycles. The molecule has 3 rings (SSSR count). The molecular formula is C20H22N2O6S. The van der Waals surface area contributed by atoms with E-state index in [4.69, 9.17) is 8.92 Å². The van der Waals surface area contributed by atoms with Crippen LogP contribution >= 0.6 is 0 Å². The van der Waals surface area contributed by atoms with Crippen LogP contribution in [0.1, 0.15) is 36.6 Å². The van der Waals surface area contributed by atoms with Gasteiger partial charge in [-0.1, -0.05) is 0 Å². The van der Waals surface area contributed by atoms with Crippen LogP contribution in [0.15, 0.2) is 41.3 Å². The molecule has 9 heteroatoms. The lowest BCUT2D eigenvalue weighted by atomic mass is 9.85. The summed E-state index contributed by atoms with van der Waals surface area (Å²) in [6.45, 7) is 3.39. The molecular weight excluding hydrogens is 396 g/mol. The summed E-state index contributed by atoms with van der Waals surface area (Å²) in [5.41, 5.74) is 0.240. The van der Waals surface area contributed by atoms with E-state index in [-0.39, 0.29) is 18.6 Å². The number of benzene rings is 1. The van der Waals surface area contributed by atoms with E-state index in [1.54, 1.807) is 44.3 Å². The number of pyridine rings is 1. The Balaban J connectivity index is 1.99. The number of hydrogen-bond donors (Lipinski definition) is 1. The quantitative estimate of drug-likeness (QED) is 0.728. The van der Waals surface area contributed by atoms with Crippen molar-refractivity contribution in [3.63, 3.8) is 0 Å². The Kier molecular flexibility index (Phi) is 5.54. The molecule has 29 heavy (non-hydrogen) atoms. The number of aliphatic hydroxyl groups is 1. The molecule has 154 valence electrons. The van der Waals surface area contributed by atoms with Gasteiger partial charge in [0.25, 0.3) is 15.7 Å². The van der Waals surface area contributed by atoms with Crippen LogP contribution in [0.25, 0.3) is 0 Å². The normalized spacial score (nSPS) is 20.4. The number of nitriles is 1. The summed E-state index contributed by atoms with van der Waals surface area (Å²) in [4.78, 5) is 12.8. The summed E-state index contributed by atoms with van der Waals surface area (Å²) in [7, 11) is -3.55. The van der Waals surface area contributed by atoms with Crippen LogP contribution in [-0.2, 0) is 20.7 Å². The van der Waals surface area contributed by atoms with Crippen molar-refractivity contribution in [1.82, 2.24) is 4.57 Å². The van der Waals surface area contributed by atoms with Gasteiger partial charge in [-0.2, -0.15) is 13.7 Å². The highest BCUT2D eigenvalue weighted by Gasteiger charge is 2.44. The van der Waals surface area contributed by atoms with Gasteiger partial charge in [-0.05, 0) is 50.1 Å². The van der Waals surface area contributed by atoms with E-state index in [0.717, 1.165) is 6.26 Å². The van der Waals surface area contributed by atoms with Gasteiger partial charge in [0.2, 0.25) is 0 Å². The molecule has 1 aliphatic heterocycles. The molecule has 0 fully saturated rings. The Labute approximate surface area is 169 Å². The highest BCUT2D eigenvalue weighted by molar-refractivity contribution is 7.85. The fourth-order valence-corrected chi connectivity index (χ4v) is 3.75. The van der Waals surface area contributed by atoms with E-state index in [1.807, 2.05) is 0 Å². The molecule has 0 saturated carbocycles. The summed E-state index contributed by atoms with van der Waals surface area (Å²) in [6.07, 6.45) is 1.73. The van der Waals surface area contributed by atoms with Crippen molar-refractivity contribution >= 4 is 10.1 Å². The van der Waals surface area contributed by atoms with E-state index >= 15 is 0 Å². The molecule has 1 N–H and O–H groups in total. The molecule has 0 unspecified atom stereocenters. The second kappa shape index (κ2) is 7.63. The Morgan fingerprint density at radius 2 is 2.03 bits per heavy atom.